The van der Waals surface area contributed by atoms with Crippen molar-refractivity contribution in [2.24, 2.45) is 0 Å². The lowest BCUT2D eigenvalue weighted by atomic mass is 10.3. The number of hydrogen-bond donors (Lipinski definition) is 2. The number of aromatic nitrogens is 2. The maximum atomic E-state index is 11.8. The van der Waals surface area contributed by atoms with Gasteiger partial charge in [-0.25, -0.2) is 4.79 Å². The van der Waals surface area contributed by atoms with Gasteiger partial charge in [0.05, 0.1) is 4.88 Å². The van der Waals surface area contributed by atoms with Gasteiger partial charge < -0.3 is 5.32 Å². The van der Waals surface area contributed by atoms with E-state index >= 15 is 0 Å². The van der Waals surface area contributed by atoms with Gasteiger partial charge in [-0.1, -0.05) is 17.4 Å². The van der Waals surface area contributed by atoms with Crippen molar-refractivity contribution < 1.29 is 4.79 Å². The summed E-state index contributed by atoms with van der Waals surface area (Å²) < 4.78 is 0. The van der Waals surface area contributed by atoms with E-state index in [-0.39, 0.29) is 12.1 Å². The maximum absolute atomic E-state index is 11.8. The molecule has 1 fully saturated rings. The molecule has 0 aliphatic carbocycles. The Balaban J connectivity index is 1.59. The standard InChI is InChI=1S/C11H12N4OS3/c16-10(12-7-3-5-17-6-7)13-11-15-14-9(19-11)8-2-1-4-18-8/h1-2,4,7H,3,5-6H2,(H2,12,13,15,16)/t7-/m0/s1. The third-order valence-electron chi connectivity index (χ3n) is 2.64. The van der Waals surface area contributed by atoms with Crippen LogP contribution in [-0.4, -0.2) is 33.8 Å². The van der Waals surface area contributed by atoms with Crippen molar-refractivity contribution in [3.8, 4) is 9.88 Å². The van der Waals surface area contributed by atoms with E-state index in [1.165, 1.54) is 11.3 Å². The molecule has 8 heteroatoms. The predicted molar refractivity (Wildman–Crippen MR) is 81.1 cm³/mol. The van der Waals surface area contributed by atoms with Crippen LogP contribution in [0.5, 0.6) is 0 Å². The van der Waals surface area contributed by atoms with Crippen LogP contribution in [0.2, 0.25) is 0 Å². The quantitative estimate of drug-likeness (QED) is 0.914. The molecule has 2 N–H and O–H groups in total. The van der Waals surface area contributed by atoms with Crippen molar-refractivity contribution in [3.63, 3.8) is 0 Å². The topological polar surface area (TPSA) is 66.9 Å². The molecule has 0 unspecified atom stereocenters. The largest absolute Gasteiger partial charge is 0.334 e. The zero-order valence-electron chi connectivity index (χ0n) is 9.96. The molecule has 0 aromatic carbocycles. The Morgan fingerprint density at radius 1 is 1.42 bits per heavy atom. The van der Waals surface area contributed by atoms with Gasteiger partial charge in [-0.05, 0) is 23.6 Å². The summed E-state index contributed by atoms with van der Waals surface area (Å²) in [7, 11) is 0. The number of thioether (sulfide) groups is 1. The van der Waals surface area contributed by atoms with Gasteiger partial charge in [0.2, 0.25) is 5.13 Å². The van der Waals surface area contributed by atoms with Crippen LogP contribution in [0.15, 0.2) is 17.5 Å². The highest BCUT2D eigenvalue weighted by atomic mass is 32.2. The molecule has 1 aliphatic rings. The molecule has 3 rings (SSSR count). The number of hydrogen-bond acceptors (Lipinski definition) is 6. The fourth-order valence-electron chi connectivity index (χ4n) is 1.74. The molecule has 1 saturated heterocycles. The predicted octanol–water partition coefficient (Wildman–Crippen LogP) is 2.89. The van der Waals surface area contributed by atoms with Crippen molar-refractivity contribution in [2.45, 2.75) is 12.5 Å². The molecule has 1 atom stereocenters. The minimum absolute atomic E-state index is 0.193. The van der Waals surface area contributed by atoms with Crippen molar-refractivity contribution in [1.82, 2.24) is 15.5 Å². The molecule has 2 aromatic rings. The van der Waals surface area contributed by atoms with Gasteiger partial charge in [-0.2, -0.15) is 11.8 Å². The van der Waals surface area contributed by atoms with Gasteiger partial charge in [-0.3, -0.25) is 5.32 Å². The molecule has 0 radical (unpaired) electrons. The van der Waals surface area contributed by atoms with Gasteiger partial charge in [0.1, 0.15) is 0 Å². The van der Waals surface area contributed by atoms with Crippen molar-refractivity contribution in [1.29, 1.82) is 0 Å². The highest BCUT2D eigenvalue weighted by Crippen LogP contribution is 2.29. The first-order valence-electron chi connectivity index (χ1n) is 5.84. The number of thiophene rings is 1. The van der Waals surface area contributed by atoms with E-state index in [0.717, 1.165) is 27.8 Å². The van der Waals surface area contributed by atoms with Gasteiger partial charge in [0.25, 0.3) is 0 Å². The Labute approximate surface area is 122 Å². The number of nitrogens with one attached hydrogen (secondary N) is 2. The highest BCUT2D eigenvalue weighted by Gasteiger charge is 2.18. The van der Waals surface area contributed by atoms with Crippen LogP contribution >= 0.6 is 34.4 Å². The lowest BCUT2D eigenvalue weighted by Gasteiger charge is -2.10. The fourth-order valence-corrected chi connectivity index (χ4v) is 4.42. The second-order valence-corrected chi connectivity index (χ2v) is 7.12. The van der Waals surface area contributed by atoms with E-state index in [1.54, 1.807) is 11.3 Å². The first-order valence-corrected chi connectivity index (χ1v) is 8.69. The zero-order chi connectivity index (χ0) is 13.1. The molecule has 0 spiro atoms. The van der Waals surface area contributed by atoms with Crippen LogP contribution in [0.4, 0.5) is 9.93 Å². The van der Waals surface area contributed by atoms with E-state index in [0.29, 0.717) is 5.13 Å². The second-order valence-electron chi connectivity index (χ2n) is 4.05. The summed E-state index contributed by atoms with van der Waals surface area (Å²) in [4.78, 5) is 12.8. The zero-order valence-corrected chi connectivity index (χ0v) is 12.4. The van der Waals surface area contributed by atoms with E-state index in [1.807, 2.05) is 29.3 Å². The second kappa shape index (κ2) is 5.89. The molecular weight excluding hydrogens is 300 g/mol. The van der Waals surface area contributed by atoms with Crippen molar-refractivity contribution >= 4 is 45.6 Å². The fraction of sp³-hybridized carbons (Fsp3) is 0.364. The molecule has 0 saturated carbocycles. The van der Waals surface area contributed by atoms with Crippen LogP contribution in [0.3, 0.4) is 0 Å². The Morgan fingerprint density at radius 3 is 3.11 bits per heavy atom. The molecule has 19 heavy (non-hydrogen) atoms. The van der Waals surface area contributed by atoms with E-state index < -0.39 is 0 Å². The minimum Gasteiger partial charge on any atom is -0.334 e. The summed E-state index contributed by atoms with van der Waals surface area (Å²) in [6.45, 7) is 0. The highest BCUT2D eigenvalue weighted by molar-refractivity contribution is 7.99. The van der Waals surface area contributed by atoms with Gasteiger partial charge >= 0.3 is 6.03 Å². The third kappa shape index (κ3) is 3.26. The molecular formula is C11H12N4OS3. The summed E-state index contributed by atoms with van der Waals surface area (Å²) in [5.74, 6) is 2.11. The van der Waals surface area contributed by atoms with Gasteiger partial charge in [-0.15, -0.1) is 21.5 Å². The summed E-state index contributed by atoms with van der Waals surface area (Å²) in [5, 5.41) is 17.1. The molecule has 5 nitrogen and oxygen atoms in total. The first-order chi connectivity index (χ1) is 9.31. The number of anilines is 1. The lowest BCUT2D eigenvalue weighted by Crippen LogP contribution is -2.37. The number of amides is 2. The van der Waals surface area contributed by atoms with E-state index in [9.17, 15) is 4.79 Å². The van der Waals surface area contributed by atoms with Gasteiger partial charge in [0.15, 0.2) is 5.01 Å². The van der Waals surface area contributed by atoms with Crippen LogP contribution in [0.1, 0.15) is 6.42 Å². The average Bonchev–Trinajstić information content (AvgIpc) is 3.09. The third-order valence-corrected chi connectivity index (χ3v) is 5.68. The number of carbonyl (C=O) groups is 1. The van der Waals surface area contributed by atoms with E-state index in [2.05, 4.69) is 20.8 Å². The number of nitrogens with zero attached hydrogens (tertiary/aromatic N) is 2. The Morgan fingerprint density at radius 2 is 2.37 bits per heavy atom. The smallest absolute Gasteiger partial charge is 0.321 e. The molecule has 2 amide bonds. The van der Waals surface area contributed by atoms with Crippen LogP contribution < -0.4 is 10.6 Å². The summed E-state index contributed by atoms with van der Waals surface area (Å²) in [6, 6.07) is 4.04. The van der Waals surface area contributed by atoms with Gasteiger partial charge in [0, 0.05) is 11.8 Å². The van der Waals surface area contributed by atoms with Crippen LogP contribution in [0.25, 0.3) is 9.88 Å². The van der Waals surface area contributed by atoms with E-state index in [4.69, 9.17) is 0 Å². The monoisotopic (exact) mass is 312 g/mol. The molecule has 3 heterocycles. The first kappa shape index (κ1) is 12.9. The Hall–Kier alpha value is -1.12. The van der Waals surface area contributed by atoms with Crippen LogP contribution in [-0.2, 0) is 0 Å². The van der Waals surface area contributed by atoms with Crippen molar-refractivity contribution in [2.75, 3.05) is 16.8 Å². The average molecular weight is 312 g/mol. The number of urea groups is 1. The SMILES string of the molecule is O=C(Nc1nnc(-c2cccs2)s1)N[C@H]1CCSC1. The Bertz CT molecular complexity index is 548. The summed E-state index contributed by atoms with van der Waals surface area (Å²) in [6.07, 6.45) is 1.04. The van der Waals surface area contributed by atoms with Crippen LogP contribution in [0, 0.1) is 0 Å². The maximum Gasteiger partial charge on any atom is 0.321 e. The number of rotatable bonds is 3. The lowest BCUT2D eigenvalue weighted by molar-refractivity contribution is 0.249. The Kier molecular flexibility index (Phi) is 4.00. The minimum atomic E-state index is -0.193. The molecule has 2 aromatic heterocycles. The normalized spacial score (nSPS) is 18.4. The summed E-state index contributed by atoms with van der Waals surface area (Å²) >= 11 is 4.87. The molecule has 1 aliphatic heterocycles. The number of carbonyl (C=O) groups excluding carboxylic acids is 1. The molecule has 0 bridgehead atoms. The summed E-state index contributed by atoms with van der Waals surface area (Å²) in [5.41, 5.74) is 0. The molecule has 100 valence electrons. The van der Waals surface area contributed by atoms with Crippen molar-refractivity contribution in [3.05, 3.63) is 17.5 Å².